The Bertz CT molecular complexity index is 1850. The van der Waals surface area contributed by atoms with Crippen LogP contribution in [0.1, 0.15) is 5.56 Å². The number of pyridine rings is 2. The number of nitrogens with zero attached hydrogens (tertiary/aromatic N) is 2. The zero-order chi connectivity index (χ0) is 21.6. The van der Waals surface area contributed by atoms with Crippen molar-refractivity contribution in [3.8, 4) is 11.1 Å². The minimum Gasteiger partial charge on any atom is -0.307 e. The van der Waals surface area contributed by atoms with Crippen LogP contribution in [0, 0.1) is 12.7 Å². The number of rotatable bonds is 1. The minimum absolute atomic E-state index is 0.209. The highest BCUT2D eigenvalue weighted by Crippen LogP contribution is 2.41. The van der Waals surface area contributed by atoms with Crippen LogP contribution in [0.4, 0.5) is 4.39 Å². The normalized spacial score (nSPS) is 12.2. The summed E-state index contributed by atoms with van der Waals surface area (Å²) in [4.78, 5) is 0. The summed E-state index contributed by atoms with van der Waals surface area (Å²) in [5.74, 6) is -0.209. The highest BCUT2D eigenvalue weighted by molar-refractivity contribution is 6.26. The molecule has 0 aliphatic rings. The van der Waals surface area contributed by atoms with Gasteiger partial charge in [0.2, 0.25) is 5.52 Å². The monoisotopic (exact) mass is 415 g/mol. The maximum Gasteiger partial charge on any atom is 0.224 e. The molecule has 7 aromatic rings. The maximum atomic E-state index is 14.8. The molecule has 7 rings (SSSR count). The largest absolute Gasteiger partial charge is 0.307 e. The van der Waals surface area contributed by atoms with Crippen LogP contribution >= 0.6 is 0 Å². The molecule has 3 heteroatoms. The molecule has 2 nitrogen and oxygen atoms in total. The number of fused-ring (bicyclic) bond motifs is 5. The molecule has 3 heterocycles. The van der Waals surface area contributed by atoms with E-state index >= 15 is 0 Å². The molecule has 0 saturated carbocycles. The van der Waals surface area contributed by atoms with Gasteiger partial charge >= 0.3 is 0 Å². The smallest absolute Gasteiger partial charge is 0.224 e. The van der Waals surface area contributed by atoms with E-state index in [0.29, 0.717) is 0 Å². The van der Waals surface area contributed by atoms with E-state index in [-0.39, 0.29) is 5.82 Å². The lowest BCUT2D eigenvalue weighted by atomic mass is 9.99. The van der Waals surface area contributed by atoms with Crippen LogP contribution in [0.15, 0.2) is 85.1 Å². The molecule has 0 atom stereocenters. The third kappa shape index (κ3) is 2.15. The molecule has 0 saturated heterocycles. The minimum atomic E-state index is -0.209. The number of aromatic nitrogens is 2. The molecule has 0 aliphatic carbocycles. The third-order valence-electron chi connectivity index (χ3n) is 6.90. The van der Waals surface area contributed by atoms with Gasteiger partial charge in [-0.3, -0.25) is 0 Å². The van der Waals surface area contributed by atoms with Crippen LogP contribution in [0.2, 0.25) is 0 Å². The number of halogens is 1. The van der Waals surface area contributed by atoms with Crippen LogP contribution in [-0.4, -0.2) is 4.40 Å². The van der Waals surface area contributed by atoms with Gasteiger partial charge in [0.05, 0.1) is 27.3 Å². The van der Waals surface area contributed by atoms with Crippen molar-refractivity contribution in [1.29, 1.82) is 0 Å². The van der Waals surface area contributed by atoms with E-state index in [1.165, 1.54) is 32.8 Å². The highest BCUT2D eigenvalue weighted by Gasteiger charge is 2.24. The second-order valence-corrected chi connectivity index (χ2v) is 8.75. The Morgan fingerprint density at radius 1 is 0.750 bits per heavy atom. The molecule has 0 aliphatic heterocycles. The maximum absolute atomic E-state index is 14.8. The summed E-state index contributed by atoms with van der Waals surface area (Å²) < 4.78 is 19.2. The van der Waals surface area contributed by atoms with Crippen LogP contribution in [0.25, 0.3) is 60.1 Å². The molecule has 0 amide bonds. The molecule has 4 aromatic carbocycles. The van der Waals surface area contributed by atoms with Crippen LogP contribution in [-0.2, 0) is 7.05 Å². The van der Waals surface area contributed by atoms with Gasteiger partial charge in [0, 0.05) is 16.8 Å². The third-order valence-corrected chi connectivity index (χ3v) is 6.90. The molecular weight excluding hydrogens is 395 g/mol. The van der Waals surface area contributed by atoms with Crippen LogP contribution in [0.5, 0.6) is 0 Å². The molecule has 0 fully saturated rings. The average Bonchev–Trinajstić information content (AvgIpc) is 3.14. The van der Waals surface area contributed by atoms with Crippen molar-refractivity contribution in [2.75, 3.05) is 0 Å². The lowest BCUT2D eigenvalue weighted by Gasteiger charge is -2.12. The van der Waals surface area contributed by atoms with Crippen molar-refractivity contribution < 1.29 is 8.96 Å². The SMILES string of the molecule is Cc1ccc2c3cc(-c4ccccc4)ccc3n3c4cc(F)cc5cc[n+](C)c(c1c23)c54. The Morgan fingerprint density at radius 3 is 2.44 bits per heavy atom. The van der Waals surface area contributed by atoms with Crippen molar-refractivity contribution >= 4 is 49.0 Å². The van der Waals surface area contributed by atoms with Gasteiger partial charge in [-0.2, -0.15) is 0 Å². The number of hydrogen-bond donors (Lipinski definition) is 0. The van der Waals surface area contributed by atoms with Crippen LogP contribution < -0.4 is 4.57 Å². The highest BCUT2D eigenvalue weighted by atomic mass is 19.1. The van der Waals surface area contributed by atoms with Gasteiger partial charge in [-0.05, 0) is 53.3 Å². The van der Waals surface area contributed by atoms with Crippen molar-refractivity contribution in [1.82, 2.24) is 4.40 Å². The Hall–Kier alpha value is -3.98. The molecule has 32 heavy (non-hydrogen) atoms. The lowest BCUT2D eigenvalue weighted by molar-refractivity contribution is -0.643. The van der Waals surface area contributed by atoms with Crippen LogP contribution in [0.3, 0.4) is 0 Å². The first-order valence-corrected chi connectivity index (χ1v) is 10.9. The predicted octanol–water partition coefficient (Wildman–Crippen LogP) is 6.93. The predicted molar refractivity (Wildman–Crippen MR) is 130 cm³/mol. The fraction of sp³-hybridized carbons (Fsp3) is 0.0690. The summed E-state index contributed by atoms with van der Waals surface area (Å²) >= 11 is 0. The molecule has 152 valence electrons. The number of hydrogen-bond acceptors (Lipinski definition) is 0. The Balaban J connectivity index is 1.79. The summed E-state index contributed by atoms with van der Waals surface area (Å²) in [7, 11) is 2.08. The lowest BCUT2D eigenvalue weighted by Crippen LogP contribution is -2.28. The average molecular weight is 415 g/mol. The van der Waals surface area contributed by atoms with Crippen molar-refractivity contribution in [3.63, 3.8) is 0 Å². The van der Waals surface area contributed by atoms with Crippen molar-refractivity contribution in [2.24, 2.45) is 7.05 Å². The van der Waals surface area contributed by atoms with Gasteiger partial charge in [0.25, 0.3) is 0 Å². The summed E-state index contributed by atoms with van der Waals surface area (Å²) in [5, 5.41) is 5.65. The molecule has 0 unspecified atom stereocenters. The van der Waals surface area contributed by atoms with Crippen molar-refractivity contribution in [3.05, 3.63) is 96.4 Å². The topological polar surface area (TPSA) is 8.29 Å². The summed E-state index contributed by atoms with van der Waals surface area (Å²) in [6.45, 7) is 2.17. The van der Waals surface area contributed by atoms with Gasteiger partial charge in [0.15, 0.2) is 6.20 Å². The first-order valence-electron chi connectivity index (χ1n) is 10.9. The second kappa shape index (κ2) is 6.04. The Morgan fingerprint density at radius 2 is 1.59 bits per heavy atom. The molecule has 0 radical (unpaired) electrons. The Kier molecular flexibility index (Phi) is 3.34. The summed E-state index contributed by atoms with van der Waals surface area (Å²) in [5.41, 5.74) is 7.94. The fourth-order valence-electron chi connectivity index (χ4n) is 5.49. The van der Waals surface area contributed by atoms with E-state index in [2.05, 4.69) is 77.5 Å². The molecule has 0 spiro atoms. The zero-order valence-electron chi connectivity index (χ0n) is 17.9. The molecule has 0 N–H and O–H groups in total. The van der Waals surface area contributed by atoms with Gasteiger partial charge in [0.1, 0.15) is 12.9 Å². The number of benzene rings is 4. The first kappa shape index (κ1) is 17.7. The second-order valence-electron chi connectivity index (χ2n) is 8.75. The first-order chi connectivity index (χ1) is 15.6. The number of aryl methyl sites for hydroxylation is 2. The summed E-state index contributed by atoms with van der Waals surface area (Å²) in [6, 6.07) is 26.8. The molecule has 3 aromatic heterocycles. The molecule has 0 bridgehead atoms. The van der Waals surface area contributed by atoms with Gasteiger partial charge in [-0.25, -0.2) is 8.96 Å². The fourth-order valence-corrected chi connectivity index (χ4v) is 5.49. The van der Waals surface area contributed by atoms with E-state index in [0.717, 1.165) is 32.8 Å². The van der Waals surface area contributed by atoms with E-state index in [9.17, 15) is 4.39 Å². The quantitative estimate of drug-likeness (QED) is 0.156. The van der Waals surface area contributed by atoms with Crippen molar-refractivity contribution in [2.45, 2.75) is 6.92 Å². The van der Waals surface area contributed by atoms with E-state index in [4.69, 9.17) is 0 Å². The molecular formula is C29H20FN2+. The van der Waals surface area contributed by atoms with Gasteiger partial charge in [-0.1, -0.05) is 48.5 Å². The van der Waals surface area contributed by atoms with E-state index < -0.39 is 0 Å². The van der Waals surface area contributed by atoms with E-state index in [1.807, 2.05) is 18.3 Å². The van der Waals surface area contributed by atoms with E-state index in [1.54, 1.807) is 12.1 Å². The Labute approximate surface area is 184 Å². The van der Waals surface area contributed by atoms with Gasteiger partial charge in [-0.15, -0.1) is 0 Å². The zero-order valence-corrected chi connectivity index (χ0v) is 17.9. The standard InChI is InChI=1S/C29H20FN2/c1-17-8-10-22-23-15-19(18-6-4-3-5-7-18)9-11-24(23)32-25-16-21(30)14-20-12-13-31(2)29(27(20)25)26(17)28(22)32/h3-16H,1-2H3/q+1. The van der Waals surface area contributed by atoms with Gasteiger partial charge < -0.3 is 4.40 Å². The summed E-state index contributed by atoms with van der Waals surface area (Å²) in [6.07, 6.45) is 2.03.